The molecule has 0 aromatic heterocycles. The van der Waals surface area contributed by atoms with E-state index in [0.29, 0.717) is 6.04 Å². The number of fused-ring (bicyclic) bond motifs is 3. The van der Waals surface area contributed by atoms with Crippen molar-refractivity contribution in [3.63, 3.8) is 0 Å². The summed E-state index contributed by atoms with van der Waals surface area (Å²) in [6, 6.07) is 26.4. The van der Waals surface area contributed by atoms with E-state index in [-0.39, 0.29) is 6.10 Å². The van der Waals surface area contributed by atoms with Crippen molar-refractivity contribution in [3.05, 3.63) is 89.5 Å². The SMILES string of the molecule is COc1ccc(CCCN2CCCC2COC2c3ccccc3-c3ccccc32)cc1. The van der Waals surface area contributed by atoms with Crippen molar-refractivity contribution in [2.24, 2.45) is 0 Å². The smallest absolute Gasteiger partial charge is 0.118 e. The van der Waals surface area contributed by atoms with Gasteiger partial charge in [-0.3, -0.25) is 4.90 Å². The maximum atomic E-state index is 6.60. The molecule has 3 nitrogen and oxygen atoms in total. The highest BCUT2D eigenvalue weighted by Crippen LogP contribution is 2.45. The van der Waals surface area contributed by atoms with Crippen molar-refractivity contribution in [3.8, 4) is 16.9 Å². The molecule has 5 rings (SSSR count). The number of benzene rings is 3. The monoisotopic (exact) mass is 413 g/mol. The molecule has 2 aliphatic rings. The molecule has 3 aromatic rings. The lowest BCUT2D eigenvalue weighted by Crippen LogP contribution is -2.34. The van der Waals surface area contributed by atoms with E-state index in [0.717, 1.165) is 25.3 Å². The third-order valence-corrected chi connectivity index (χ3v) is 6.80. The van der Waals surface area contributed by atoms with Crippen molar-refractivity contribution in [1.82, 2.24) is 4.90 Å². The largest absolute Gasteiger partial charge is 0.497 e. The van der Waals surface area contributed by atoms with Crippen LogP contribution in [0, 0.1) is 0 Å². The Bertz CT molecular complexity index is 968. The fourth-order valence-corrected chi connectivity index (χ4v) is 5.15. The lowest BCUT2D eigenvalue weighted by molar-refractivity contribution is 0.0397. The van der Waals surface area contributed by atoms with E-state index < -0.39 is 0 Å². The molecule has 0 spiro atoms. The first-order valence-electron chi connectivity index (χ1n) is 11.5. The highest BCUT2D eigenvalue weighted by atomic mass is 16.5. The van der Waals surface area contributed by atoms with Crippen molar-refractivity contribution >= 4 is 0 Å². The normalized spacial score (nSPS) is 18.2. The molecule has 0 bridgehead atoms. The predicted octanol–water partition coefficient (Wildman–Crippen LogP) is 5.88. The first-order chi connectivity index (χ1) is 15.3. The quantitative estimate of drug-likeness (QED) is 0.460. The minimum atomic E-state index is 0.0640. The molecule has 3 aromatic carbocycles. The second kappa shape index (κ2) is 9.25. The third-order valence-electron chi connectivity index (χ3n) is 6.80. The molecule has 1 aliphatic carbocycles. The van der Waals surface area contributed by atoms with Gasteiger partial charge in [-0.05, 0) is 78.7 Å². The van der Waals surface area contributed by atoms with Crippen LogP contribution in [0.15, 0.2) is 72.8 Å². The molecule has 1 fully saturated rings. The molecule has 0 N–H and O–H groups in total. The van der Waals surface area contributed by atoms with E-state index in [1.165, 1.54) is 53.6 Å². The number of methoxy groups -OCH3 is 1. The highest BCUT2D eigenvalue weighted by Gasteiger charge is 2.31. The number of likely N-dealkylation sites (tertiary alicyclic amines) is 1. The molecule has 1 unspecified atom stereocenters. The van der Waals surface area contributed by atoms with Crippen LogP contribution in [0.4, 0.5) is 0 Å². The topological polar surface area (TPSA) is 21.7 Å². The van der Waals surface area contributed by atoms with Crippen LogP contribution in [0.3, 0.4) is 0 Å². The number of rotatable bonds is 8. The molecular weight excluding hydrogens is 382 g/mol. The Balaban J connectivity index is 1.18. The zero-order chi connectivity index (χ0) is 21.0. The summed E-state index contributed by atoms with van der Waals surface area (Å²) in [5.74, 6) is 0.926. The van der Waals surface area contributed by atoms with Gasteiger partial charge < -0.3 is 9.47 Å². The van der Waals surface area contributed by atoms with Crippen molar-refractivity contribution in [2.75, 3.05) is 26.8 Å². The van der Waals surface area contributed by atoms with E-state index in [1.54, 1.807) is 7.11 Å². The van der Waals surface area contributed by atoms with Gasteiger partial charge in [-0.1, -0.05) is 60.7 Å². The second-order valence-electron chi connectivity index (χ2n) is 8.67. The average molecular weight is 414 g/mol. The zero-order valence-corrected chi connectivity index (χ0v) is 18.3. The number of hydrogen-bond acceptors (Lipinski definition) is 3. The fourth-order valence-electron chi connectivity index (χ4n) is 5.15. The first kappa shape index (κ1) is 20.3. The van der Waals surface area contributed by atoms with Crippen LogP contribution in [0.2, 0.25) is 0 Å². The molecule has 0 saturated carbocycles. The van der Waals surface area contributed by atoms with Gasteiger partial charge in [-0.2, -0.15) is 0 Å². The summed E-state index contributed by atoms with van der Waals surface area (Å²) in [4.78, 5) is 2.64. The minimum absolute atomic E-state index is 0.0640. The maximum Gasteiger partial charge on any atom is 0.118 e. The molecule has 1 saturated heterocycles. The van der Waals surface area contributed by atoms with Crippen LogP contribution in [0.1, 0.15) is 42.1 Å². The van der Waals surface area contributed by atoms with Crippen LogP contribution in [-0.4, -0.2) is 37.7 Å². The summed E-state index contributed by atoms with van der Waals surface area (Å²) in [7, 11) is 1.72. The van der Waals surface area contributed by atoms with Crippen LogP contribution in [0.5, 0.6) is 5.75 Å². The Hall–Kier alpha value is -2.62. The van der Waals surface area contributed by atoms with E-state index in [2.05, 4.69) is 77.7 Å². The lowest BCUT2D eigenvalue weighted by atomic mass is 10.1. The standard InChI is InChI=1S/C28H31NO2/c1-30-23-16-14-21(15-17-23)8-6-18-29-19-7-9-22(29)20-31-28-26-12-4-2-10-24(26)25-11-3-5-13-27(25)28/h2-5,10-17,22,28H,6-9,18-20H2,1H3. The van der Waals surface area contributed by atoms with Gasteiger partial charge >= 0.3 is 0 Å². The Labute approximate surface area is 185 Å². The molecule has 160 valence electrons. The average Bonchev–Trinajstić information content (AvgIpc) is 3.40. The molecule has 1 aliphatic heterocycles. The summed E-state index contributed by atoms with van der Waals surface area (Å²) in [5, 5.41) is 0. The maximum absolute atomic E-state index is 6.60. The third kappa shape index (κ3) is 4.26. The Morgan fingerprint density at radius 1 is 0.871 bits per heavy atom. The van der Waals surface area contributed by atoms with Gasteiger partial charge in [0, 0.05) is 6.04 Å². The zero-order valence-electron chi connectivity index (χ0n) is 18.3. The molecule has 0 amide bonds. The van der Waals surface area contributed by atoms with Gasteiger partial charge in [0.2, 0.25) is 0 Å². The van der Waals surface area contributed by atoms with E-state index in [9.17, 15) is 0 Å². The summed E-state index contributed by atoms with van der Waals surface area (Å²) in [6.45, 7) is 3.13. The lowest BCUT2D eigenvalue weighted by Gasteiger charge is -2.26. The Morgan fingerprint density at radius 3 is 2.23 bits per heavy atom. The first-order valence-corrected chi connectivity index (χ1v) is 11.5. The number of ether oxygens (including phenoxy) is 2. The van der Waals surface area contributed by atoms with Crippen molar-refractivity contribution < 1.29 is 9.47 Å². The van der Waals surface area contributed by atoms with Crippen molar-refractivity contribution in [2.45, 2.75) is 37.8 Å². The molecule has 1 heterocycles. The number of hydrogen-bond donors (Lipinski definition) is 0. The summed E-state index contributed by atoms with van der Waals surface area (Å²) in [6.07, 6.45) is 4.86. The Kier molecular flexibility index (Phi) is 6.06. The second-order valence-corrected chi connectivity index (χ2v) is 8.67. The summed E-state index contributed by atoms with van der Waals surface area (Å²) < 4.78 is 11.9. The van der Waals surface area contributed by atoms with Crippen LogP contribution >= 0.6 is 0 Å². The van der Waals surface area contributed by atoms with Gasteiger partial charge in [0.1, 0.15) is 11.9 Å². The van der Waals surface area contributed by atoms with Crippen molar-refractivity contribution in [1.29, 1.82) is 0 Å². The molecule has 1 atom stereocenters. The fraction of sp³-hybridized carbons (Fsp3) is 0.357. The molecule has 31 heavy (non-hydrogen) atoms. The molecule has 0 radical (unpaired) electrons. The molecular formula is C28H31NO2. The van der Waals surface area contributed by atoms with Gasteiger partial charge in [-0.25, -0.2) is 0 Å². The summed E-state index contributed by atoms with van der Waals surface area (Å²) >= 11 is 0. The van der Waals surface area contributed by atoms with E-state index >= 15 is 0 Å². The minimum Gasteiger partial charge on any atom is -0.497 e. The van der Waals surface area contributed by atoms with Crippen LogP contribution in [-0.2, 0) is 11.2 Å². The van der Waals surface area contributed by atoms with Gasteiger partial charge in [0.15, 0.2) is 0 Å². The number of nitrogens with zero attached hydrogens (tertiary/aromatic N) is 1. The number of aryl methyl sites for hydroxylation is 1. The van der Waals surface area contributed by atoms with Gasteiger partial charge in [0.05, 0.1) is 13.7 Å². The molecule has 3 heteroatoms. The predicted molar refractivity (Wildman–Crippen MR) is 126 cm³/mol. The Morgan fingerprint density at radius 2 is 1.55 bits per heavy atom. The van der Waals surface area contributed by atoms with E-state index in [1.807, 2.05) is 0 Å². The van der Waals surface area contributed by atoms with Gasteiger partial charge in [0.25, 0.3) is 0 Å². The summed E-state index contributed by atoms with van der Waals surface area (Å²) in [5.41, 5.74) is 6.66. The van der Waals surface area contributed by atoms with Gasteiger partial charge in [-0.15, -0.1) is 0 Å². The highest BCUT2D eigenvalue weighted by molar-refractivity contribution is 5.78. The van der Waals surface area contributed by atoms with Crippen LogP contribution in [0.25, 0.3) is 11.1 Å². The van der Waals surface area contributed by atoms with Crippen LogP contribution < -0.4 is 4.74 Å². The van der Waals surface area contributed by atoms with E-state index in [4.69, 9.17) is 9.47 Å².